The van der Waals surface area contributed by atoms with E-state index < -0.39 is 6.10 Å². The summed E-state index contributed by atoms with van der Waals surface area (Å²) in [7, 11) is 0. The van der Waals surface area contributed by atoms with E-state index in [9.17, 15) is 14.4 Å². The van der Waals surface area contributed by atoms with Crippen molar-refractivity contribution >= 4 is 17.9 Å². The first-order valence-electron chi connectivity index (χ1n) is 28.8. The highest BCUT2D eigenvalue weighted by molar-refractivity contribution is 5.71. The van der Waals surface area contributed by atoms with Crippen molar-refractivity contribution in [2.45, 2.75) is 330 Å². The van der Waals surface area contributed by atoms with E-state index in [0.717, 1.165) is 69.6 Å². The second kappa shape index (κ2) is 50.8. The molecule has 2 atom stereocenters. The van der Waals surface area contributed by atoms with Gasteiger partial charge in [0, 0.05) is 19.3 Å². The van der Waals surface area contributed by atoms with Crippen LogP contribution in [0.5, 0.6) is 0 Å². The van der Waals surface area contributed by atoms with Crippen molar-refractivity contribution in [1.82, 2.24) is 0 Å². The van der Waals surface area contributed by atoms with Crippen LogP contribution in [0.2, 0.25) is 0 Å². The lowest BCUT2D eigenvalue weighted by atomic mass is 9.99. The number of unbranched alkanes of at least 4 members (excludes halogenated alkanes) is 36. The molecule has 0 bridgehead atoms. The number of carbonyl (C=O) groups excluding carboxylic acids is 3. The lowest BCUT2D eigenvalue weighted by molar-refractivity contribution is -0.167. The van der Waals surface area contributed by atoms with Gasteiger partial charge in [0.2, 0.25) is 0 Å². The molecule has 0 spiro atoms. The molecule has 0 aliphatic carbocycles. The highest BCUT2D eigenvalue weighted by Gasteiger charge is 2.19. The fraction of sp³-hybridized carbons (Fsp3) is 0.948. The molecule has 0 aliphatic rings. The molecule has 0 amide bonds. The van der Waals surface area contributed by atoms with Crippen molar-refractivity contribution in [1.29, 1.82) is 0 Å². The summed E-state index contributed by atoms with van der Waals surface area (Å²) >= 11 is 0. The predicted molar refractivity (Wildman–Crippen MR) is 275 cm³/mol. The van der Waals surface area contributed by atoms with Gasteiger partial charge in [0.1, 0.15) is 13.2 Å². The Morgan fingerprint density at radius 2 is 0.594 bits per heavy atom. The SMILES string of the molecule is CCCCCCCCCCCCCCC(=O)OC[C@H](COC(=O)CCCCCCCCCCCC(C)C)OC(=O)CCCCCCCCCCCCCCCCCCCCC(C)CC. The Balaban J connectivity index is 4.22. The second-order valence-electron chi connectivity index (χ2n) is 20.6. The minimum Gasteiger partial charge on any atom is -0.462 e. The van der Waals surface area contributed by atoms with E-state index in [0.29, 0.717) is 19.3 Å². The van der Waals surface area contributed by atoms with E-state index in [1.807, 2.05) is 0 Å². The van der Waals surface area contributed by atoms with E-state index in [2.05, 4.69) is 34.6 Å². The smallest absolute Gasteiger partial charge is 0.306 e. The first-order valence-corrected chi connectivity index (χ1v) is 28.8. The first kappa shape index (κ1) is 62.4. The van der Waals surface area contributed by atoms with Gasteiger partial charge in [-0.15, -0.1) is 0 Å². The largest absolute Gasteiger partial charge is 0.462 e. The summed E-state index contributed by atoms with van der Waals surface area (Å²) < 4.78 is 16.9. The molecule has 6 heteroatoms. The third kappa shape index (κ3) is 49.8. The summed E-state index contributed by atoms with van der Waals surface area (Å²) in [5.74, 6) is 0.875. The number of hydrogen-bond acceptors (Lipinski definition) is 6. The predicted octanol–water partition coefficient (Wildman–Crippen LogP) is 18.9. The average molecular weight is 906 g/mol. The van der Waals surface area contributed by atoms with Gasteiger partial charge >= 0.3 is 17.9 Å². The van der Waals surface area contributed by atoms with Gasteiger partial charge in [0.05, 0.1) is 0 Å². The zero-order valence-electron chi connectivity index (χ0n) is 43.9. The third-order valence-electron chi connectivity index (χ3n) is 13.6. The van der Waals surface area contributed by atoms with Gasteiger partial charge in [-0.25, -0.2) is 0 Å². The molecular formula is C58H112O6. The number of rotatable bonds is 52. The molecule has 0 heterocycles. The highest BCUT2D eigenvalue weighted by Crippen LogP contribution is 2.19. The van der Waals surface area contributed by atoms with Crippen LogP contribution >= 0.6 is 0 Å². The molecule has 0 saturated heterocycles. The number of carbonyl (C=O) groups is 3. The van der Waals surface area contributed by atoms with E-state index in [1.165, 1.54) is 212 Å². The zero-order valence-corrected chi connectivity index (χ0v) is 43.9. The van der Waals surface area contributed by atoms with Gasteiger partial charge in [-0.3, -0.25) is 14.4 Å². The summed E-state index contributed by atoms with van der Waals surface area (Å²) in [6.07, 6.45) is 53.8. The molecule has 64 heavy (non-hydrogen) atoms. The molecule has 0 aromatic heterocycles. The van der Waals surface area contributed by atoms with Crippen molar-refractivity contribution in [2.75, 3.05) is 13.2 Å². The maximum absolute atomic E-state index is 12.8. The maximum atomic E-state index is 12.8. The van der Waals surface area contributed by atoms with Gasteiger partial charge < -0.3 is 14.2 Å². The fourth-order valence-corrected chi connectivity index (χ4v) is 8.84. The molecule has 0 radical (unpaired) electrons. The monoisotopic (exact) mass is 905 g/mol. The standard InChI is InChI=1S/C58H112O6/c1-6-8-9-10-11-12-13-23-28-33-38-43-48-56(59)62-51-55(52-63-57(60)49-44-39-34-30-25-26-31-36-41-46-53(3)4)64-58(61)50-45-40-35-29-24-21-19-17-15-14-16-18-20-22-27-32-37-42-47-54(5)7-2/h53-55H,6-52H2,1-5H3/t54?,55-/m1/s1. The lowest BCUT2D eigenvalue weighted by Crippen LogP contribution is -2.30. The Morgan fingerprint density at radius 1 is 0.328 bits per heavy atom. The first-order chi connectivity index (χ1) is 31.3. The molecule has 0 fully saturated rings. The van der Waals surface area contributed by atoms with E-state index in [1.54, 1.807) is 0 Å². The Morgan fingerprint density at radius 3 is 0.891 bits per heavy atom. The molecule has 0 aromatic carbocycles. The quantitative estimate of drug-likeness (QED) is 0.0344. The van der Waals surface area contributed by atoms with E-state index >= 15 is 0 Å². The van der Waals surface area contributed by atoms with Crippen molar-refractivity contribution in [3.05, 3.63) is 0 Å². The van der Waals surface area contributed by atoms with Crippen LogP contribution in [0.15, 0.2) is 0 Å². The summed E-state index contributed by atoms with van der Waals surface area (Å²) in [5, 5.41) is 0. The van der Waals surface area contributed by atoms with Gasteiger partial charge in [-0.1, -0.05) is 285 Å². The molecule has 380 valence electrons. The minimum absolute atomic E-state index is 0.0631. The Hall–Kier alpha value is -1.59. The van der Waals surface area contributed by atoms with Crippen LogP contribution in [-0.2, 0) is 28.6 Å². The van der Waals surface area contributed by atoms with Crippen LogP contribution in [-0.4, -0.2) is 37.2 Å². The van der Waals surface area contributed by atoms with E-state index in [-0.39, 0.29) is 31.1 Å². The third-order valence-corrected chi connectivity index (χ3v) is 13.6. The summed E-state index contributed by atoms with van der Waals surface area (Å²) in [5.41, 5.74) is 0. The van der Waals surface area contributed by atoms with Crippen LogP contribution in [0.1, 0.15) is 324 Å². The number of hydrogen-bond donors (Lipinski definition) is 0. The second-order valence-corrected chi connectivity index (χ2v) is 20.6. The molecule has 0 aliphatic heterocycles. The van der Waals surface area contributed by atoms with Gasteiger partial charge in [-0.05, 0) is 31.1 Å². The zero-order chi connectivity index (χ0) is 46.8. The summed E-state index contributed by atoms with van der Waals surface area (Å²) in [6, 6.07) is 0. The molecule has 6 nitrogen and oxygen atoms in total. The summed E-state index contributed by atoms with van der Waals surface area (Å²) in [6.45, 7) is 11.4. The van der Waals surface area contributed by atoms with Crippen molar-refractivity contribution < 1.29 is 28.6 Å². The van der Waals surface area contributed by atoms with Crippen LogP contribution in [0.4, 0.5) is 0 Å². The van der Waals surface area contributed by atoms with Gasteiger partial charge in [-0.2, -0.15) is 0 Å². The molecule has 0 N–H and O–H groups in total. The average Bonchev–Trinajstić information content (AvgIpc) is 3.28. The van der Waals surface area contributed by atoms with Crippen LogP contribution in [0.25, 0.3) is 0 Å². The van der Waals surface area contributed by atoms with E-state index in [4.69, 9.17) is 14.2 Å². The normalized spacial score (nSPS) is 12.5. The Labute approximate surface area is 399 Å². The van der Waals surface area contributed by atoms with Crippen molar-refractivity contribution in [2.24, 2.45) is 11.8 Å². The van der Waals surface area contributed by atoms with Crippen molar-refractivity contribution in [3.63, 3.8) is 0 Å². The molecular weight excluding hydrogens is 793 g/mol. The topological polar surface area (TPSA) is 78.9 Å². The molecule has 1 unspecified atom stereocenters. The Bertz CT molecular complexity index is 980. The molecule has 0 saturated carbocycles. The lowest BCUT2D eigenvalue weighted by Gasteiger charge is -2.18. The highest BCUT2D eigenvalue weighted by atomic mass is 16.6. The van der Waals surface area contributed by atoms with Crippen LogP contribution in [0.3, 0.4) is 0 Å². The van der Waals surface area contributed by atoms with Gasteiger partial charge in [0.25, 0.3) is 0 Å². The fourth-order valence-electron chi connectivity index (χ4n) is 8.84. The van der Waals surface area contributed by atoms with Crippen LogP contribution in [0, 0.1) is 11.8 Å². The van der Waals surface area contributed by atoms with Gasteiger partial charge in [0.15, 0.2) is 6.10 Å². The van der Waals surface area contributed by atoms with Crippen molar-refractivity contribution in [3.8, 4) is 0 Å². The molecule has 0 aromatic rings. The number of ether oxygens (including phenoxy) is 3. The Kier molecular flexibility index (Phi) is 49.6. The maximum Gasteiger partial charge on any atom is 0.306 e. The molecule has 0 rings (SSSR count). The van der Waals surface area contributed by atoms with Crippen LogP contribution < -0.4 is 0 Å². The summed E-state index contributed by atoms with van der Waals surface area (Å²) in [4.78, 5) is 38.0. The minimum atomic E-state index is -0.762. The number of esters is 3.